The Bertz CT molecular complexity index is 2160. The average molecular weight is 433 g/mol. The molecule has 154 valence electrons. The molecule has 34 heavy (non-hydrogen) atoms. The number of nitrogens with zero attached hydrogens (tertiary/aromatic N) is 3. The van der Waals surface area contributed by atoms with Gasteiger partial charge in [-0.05, 0) is 47.9 Å². The number of benzene rings is 4. The third kappa shape index (κ3) is 1.39. The van der Waals surface area contributed by atoms with Crippen LogP contribution in [-0.2, 0) is 5.66 Å². The van der Waals surface area contributed by atoms with Crippen molar-refractivity contribution in [2.45, 2.75) is 5.66 Å². The molecule has 4 aromatic carbocycles. The Morgan fingerprint density at radius 1 is 0.618 bits per heavy atom. The number of rotatable bonds is 0. The van der Waals surface area contributed by atoms with E-state index in [4.69, 9.17) is 9.72 Å². The lowest BCUT2D eigenvalue weighted by Crippen LogP contribution is -2.72. The average Bonchev–Trinajstić information content (AvgIpc) is 3.39. The minimum absolute atomic E-state index is 0.523. The minimum atomic E-state index is -0.523. The monoisotopic (exact) mass is 433 g/mol. The van der Waals surface area contributed by atoms with Gasteiger partial charge in [0.1, 0.15) is 11.5 Å². The van der Waals surface area contributed by atoms with Gasteiger partial charge in [-0.2, -0.15) is 0 Å². The van der Waals surface area contributed by atoms with Crippen molar-refractivity contribution in [3.8, 4) is 11.5 Å². The van der Waals surface area contributed by atoms with E-state index in [2.05, 4.69) is 88.3 Å². The van der Waals surface area contributed by atoms with Crippen LogP contribution in [0.3, 0.4) is 0 Å². The molecule has 4 heteroatoms. The molecule has 0 fully saturated rings. The molecular weight excluding hydrogens is 418 g/mol. The standard InChI is InChI=1S/C30H15N3O/c1-5-18-19-6-3-15-33-29(19)24-20(27(18)31-13-1)10-12-22-26(24)30(33)25-21(34-22)11-9-16-7-8-17-4-2-14-32(30)28(17)23(16)25/h1-15H/q+2. The third-order valence-electron chi connectivity index (χ3n) is 8.27. The van der Waals surface area contributed by atoms with Crippen LogP contribution in [0.2, 0.25) is 0 Å². The fraction of sp³-hybridized carbons (Fsp3) is 0.0333. The zero-order valence-corrected chi connectivity index (χ0v) is 17.9. The molecule has 3 aliphatic rings. The number of aromatic nitrogens is 3. The molecule has 7 aromatic rings. The fourth-order valence-corrected chi connectivity index (χ4v) is 7.19. The highest BCUT2D eigenvalue weighted by molar-refractivity contribution is 6.24. The first-order chi connectivity index (χ1) is 16.9. The van der Waals surface area contributed by atoms with Crippen molar-refractivity contribution in [1.29, 1.82) is 0 Å². The molecule has 1 unspecified atom stereocenters. The Labute approximate surface area is 192 Å². The Balaban J connectivity index is 1.60. The van der Waals surface area contributed by atoms with Gasteiger partial charge < -0.3 is 4.74 Å². The Morgan fingerprint density at radius 3 is 2.29 bits per heavy atom. The zero-order chi connectivity index (χ0) is 21.8. The van der Waals surface area contributed by atoms with Crippen molar-refractivity contribution in [2.24, 2.45) is 0 Å². The van der Waals surface area contributed by atoms with Crippen LogP contribution >= 0.6 is 0 Å². The Hall–Kier alpha value is -4.57. The smallest absolute Gasteiger partial charge is 0.425 e. The lowest BCUT2D eigenvalue weighted by molar-refractivity contribution is -0.945. The predicted octanol–water partition coefficient (Wildman–Crippen LogP) is 5.45. The first-order valence-electron chi connectivity index (χ1n) is 11.6. The Kier molecular flexibility index (Phi) is 2.30. The fourth-order valence-electron chi connectivity index (χ4n) is 7.19. The van der Waals surface area contributed by atoms with Gasteiger partial charge in [0.25, 0.3) is 0 Å². The molecule has 0 amide bonds. The summed E-state index contributed by atoms with van der Waals surface area (Å²) in [5, 5.41) is 8.63. The van der Waals surface area contributed by atoms with Gasteiger partial charge in [0.15, 0.2) is 23.5 Å². The lowest BCUT2D eigenvalue weighted by Gasteiger charge is -2.26. The molecule has 1 spiro atoms. The van der Waals surface area contributed by atoms with Gasteiger partial charge in [-0.25, -0.2) is 0 Å². The summed E-state index contributed by atoms with van der Waals surface area (Å²) in [5.74, 6) is 1.87. The van der Waals surface area contributed by atoms with E-state index in [1.165, 1.54) is 59.9 Å². The van der Waals surface area contributed by atoms with Crippen LogP contribution in [0.4, 0.5) is 0 Å². The van der Waals surface area contributed by atoms with Crippen molar-refractivity contribution in [3.05, 3.63) is 103 Å². The summed E-state index contributed by atoms with van der Waals surface area (Å²) in [7, 11) is 0. The summed E-state index contributed by atoms with van der Waals surface area (Å²) in [5.41, 5.74) is 5.51. The van der Waals surface area contributed by atoms with E-state index < -0.39 is 5.66 Å². The van der Waals surface area contributed by atoms with Gasteiger partial charge >= 0.3 is 5.66 Å². The van der Waals surface area contributed by atoms with E-state index in [-0.39, 0.29) is 0 Å². The predicted molar refractivity (Wildman–Crippen MR) is 130 cm³/mol. The van der Waals surface area contributed by atoms with E-state index in [1.807, 2.05) is 12.3 Å². The van der Waals surface area contributed by atoms with Gasteiger partial charge in [0.2, 0.25) is 11.0 Å². The highest BCUT2D eigenvalue weighted by Crippen LogP contribution is 2.57. The molecule has 0 N–H and O–H groups in total. The Morgan fingerprint density at radius 2 is 1.35 bits per heavy atom. The molecule has 6 heterocycles. The van der Waals surface area contributed by atoms with Gasteiger partial charge in [-0.3, -0.25) is 4.98 Å². The van der Waals surface area contributed by atoms with Gasteiger partial charge in [0.05, 0.1) is 21.7 Å². The number of pyridine rings is 3. The van der Waals surface area contributed by atoms with Crippen molar-refractivity contribution >= 4 is 54.3 Å². The van der Waals surface area contributed by atoms with Crippen molar-refractivity contribution in [3.63, 3.8) is 0 Å². The first-order valence-corrected chi connectivity index (χ1v) is 11.6. The minimum Gasteiger partial charge on any atom is -0.456 e. The summed E-state index contributed by atoms with van der Waals surface area (Å²) in [6.07, 6.45) is 6.39. The summed E-state index contributed by atoms with van der Waals surface area (Å²) in [6.45, 7) is 0. The molecule has 4 nitrogen and oxygen atoms in total. The van der Waals surface area contributed by atoms with E-state index in [1.54, 1.807) is 0 Å². The van der Waals surface area contributed by atoms with E-state index in [0.29, 0.717) is 0 Å². The second-order valence-corrected chi connectivity index (χ2v) is 9.59. The molecule has 3 aliphatic heterocycles. The molecule has 0 saturated heterocycles. The second-order valence-electron chi connectivity index (χ2n) is 9.59. The van der Waals surface area contributed by atoms with Gasteiger partial charge in [-0.1, -0.05) is 18.2 Å². The van der Waals surface area contributed by atoms with Crippen LogP contribution in [0.25, 0.3) is 54.3 Å². The molecule has 3 aromatic heterocycles. The van der Waals surface area contributed by atoms with Gasteiger partial charge in [-0.15, -0.1) is 9.13 Å². The highest BCUT2D eigenvalue weighted by atomic mass is 16.5. The van der Waals surface area contributed by atoms with Crippen molar-refractivity contribution in [1.82, 2.24) is 4.98 Å². The summed E-state index contributed by atoms with van der Waals surface area (Å²) in [6, 6.07) is 26.2. The molecule has 1 atom stereocenters. The number of fused-ring (bicyclic) bond motifs is 3. The molecule has 0 aliphatic carbocycles. The number of ether oxygens (including phenoxy) is 1. The summed E-state index contributed by atoms with van der Waals surface area (Å²) < 4.78 is 11.7. The number of hydrogen-bond donors (Lipinski definition) is 0. The normalized spacial score (nSPS) is 18.4. The maximum absolute atomic E-state index is 6.67. The number of hydrogen-bond acceptors (Lipinski definition) is 2. The zero-order valence-electron chi connectivity index (χ0n) is 17.9. The maximum atomic E-state index is 6.67. The van der Waals surface area contributed by atoms with Gasteiger partial charge in [0, 0.05) is 34.5 Å². The van der Waals surface area contributed by atoms with E-state index in [9.17, 15) is 0 Å². The SMILES string of the molecule is c1cnc2c(c1)c1ccc[n+]3c1c1c4c(ccc21)Oc1ccc2ccc5ccc[n+]6c5c2c1C463. The van der Waals surface area contributed by atoms with Crippen LogP contribution in [0.1, 0.15) is 11.1 Å². The van der Waals surface area contributed by atoms with E-state index >= 15 is 0 Å². The van der Waals surface area contributed by atoms with Crippen LogP contribution < -0.4 is 13.9 Å². The molecule has 0 bridgehead atoms. The van der Waals surface area contributed by atoms with Crippen molar-refractivity contribution in [2.75, 3.05) is 0 Å². The third-order valence-corrected chi connectivity index (χ3v) is 8.27. The van der Waals surface area contributed by atoms with Crippen LogP contribution in [-0.4, -0.2) is 4.98 Å². The van der Waals surface area contributed by atoms with Crippen LogP contribution in [0.5, 0.6) is 11.5 Å². The lowest BCUT2D eigenvalue weighted by atomic mass is 9.85. The summed E-state index contributed by atoms with van der Waals surface area (Å²) in [4.78, 5) is 4.84. The molecule has 0 radical (unpaired) electrons. The largest absolute Gasteiger partial charge is 0.456 e. The van der Waals surface area contributed by atoms with E-state index in [0.717, 1.165) is 17.0 Å². The summed E-state index contributed by atoms with van der Waals surface area (Å²) >= 11 is 0. The first kappa shape index (κ1) is 16.1. The van der Waals surface area contributed by atoms with Crippen LogP contribution in [0, 0.1) is 0 Å². The second kappa shape index (κ2) is 4.85. The topological polar surface area (TPSA) is 29.9 Å². The molecular formula is C30H15N3O+2. The quantitative estimate of drug-likeness (QED) is 0.235. The maximum Gasteiger partial charge on any atom is 0.425 e. The molecule has 0 saturated carbocycles. The highest BCUT2D eigenvalue weighted by Gasteiger charge is 2.69. The van der Waals surface area contributed by atoms with Crippen LogP contribution in [0.15, 0.2) is 91.4 Å². The molecule has 10 rings (SSSR count). The van der Waals surface area contributed by atoms with Crippen molar-refractivity contribution < 1.29 is 13.9 Å².